The second-order valence-corrected chi connectivity index (χ2v) is 10.9. The van der Waals surface area contributed by atoms with E-state index in [1.807, 2.05) is 0 Å². The Morgan fingerprint density at radius 3 is 2.56 bits per heavy atom. The van der Waals surface area contributed by atoms with Crippen LogP contribution in [0.4, 0.5) is 13.2 Å². The summed E-state index contributed by atoms with van der Waals surface area (Å²) in [5, 5.41) is 13.5. The van der Waals surface area contributed by atoms with Gasteiger partial charge in [0.1, 0.15) is 15.4 Å². The minimum Gasteiger partial charge on any atom is -0.480 e. The smallest absolute Gasteiger partial charge is 0.452 e. The van der Waals surface area contributed by atoms with E-state index < -0.39 is 38.9 Å². The third kappa shape index (κ3) is 3.60. The van der Waals surface area contributed by atoms with Crippen molar-refractivity contribution in [3.63, 3.8) is 0 Å². The molecule has 1 aliphatic carbocycles. The molecule has 2 N–H and O–H groups in total. The number of halogens is 4. The van der Waals surface area contributed by atoms with E-state index >= 15 is 0 Å². The van der Waals surface area contributed by atoms with Crippen molar-refractivity contribution in [3.05, 3.63) is 58.8 Å². The molecule has 0 amide bonds. The minimum absolute atomic E-state index is 0.0330. The molecule has 0 spiro atoms. The topological polar surface area (TPSA) is 110 Å². The Kier molecular flexibility index (Phi) is 5.20. The predicted molar refractivity (Wildman–Crippen MR) is 109 cm³/mol. The van der Waals surface area contributed by atoms with Crippen LogP contribution in [-0.2, 0) is 26.4 Å². The van der Waals surface area contributed by atoms with Crippen molar-refractivity contribution in [2.24, 2.45) is 0 Å². The summed E-state index contributed by atoms with van der Waals surface area (Å²) in [4.78, 5) is 12.2. The number of nitrogens with zero attached hydrogens (tertiary/aromatic N) is 1. The van der Waals surface area contributed by atoms with Crippen molar-refractivity contribution in [2.45, 2.75) is 34.7 Å². The molecule has 0 bridgehead atoms. The molecule has 3 aromatic rings. The number of thiophene rings is 1. The molecule has 2 atom stereocenters. The molecule has 2 heterocycles. The molecule has 170 valence electrons. The summed E-state index contributed by atoms with van der Waals surface area (Å²) >= 11 is 6.85. The van der Waals surface area contributed by atoms with Gasteiger partial charge in [-0.3, -0.25) is 4.79 Å². The zero-order valence-corrected chi connectivity index (χ0v) is 18.5. The highest BCUT2D eigenvalue weighted by atomic mass is 35.5. The van der Waals surface area contributed by atoms with E-state index in [-0.39, 0.29) is 21.2 Å². The first kappa shape index (κ1) is 22.8. The number of alkyl halides is 3. The molecule has 0 radical (unpaired) electrons. The first-order valence-corrected chi connectivity index (χ1v) is 11.6. The van der Waals surface area contributed by atoms with Gasteiger partial charge in [0, 0.05) is 16.5 Å². The fourth-order valence-corrected chi connectivity index (χ4v) is 6.69. The molecule has 4 rings (SSSR count). The SMILES string of the molecule is CC1(c2ccccc2Cl)CC1(NS(=O)(=O)c1ccc(-c2cc(C(F)(F)F)on2)s1)C(=O)O. The number of rotatable bonds is 6. The first-order valence-electron chi connectivity index (χ1n) is 8.97. The largest absolute Gasteiger partial charge is 0.480 e. The van der Waals surface area contributed by atoms with E-state index in [4.69, 9.17) is 11.6 Å². The molecule has 2 unspecified atom stereocenters. The zero-order chi connectivity index (χ0) is 23.5. The highest BCUT2D eigenvalue weighted by molar-refractivity contribution is 7.91. The van der Waals surface area contributed by atoms with Crippen molar-refractivity contribution in [3.8, 4) is 10.6 Å². The minimum atomic E-state index is -4.73. The second kappa shape index (κ2) is 7.30. The summed E-state index contributed by atoms with van der Waals surface area (Å²) in [6.07, 6.45) is -4.77. The predicted octanol–water partition coefficient (Wildman–Crippen LogP) is 4.54. The molecule has 7 nitrogen and oxygen atoms in total. The van der Waals surface area contributed by atoms with E-state index in [9.17, 15) is 31.5 Å². The average molecular weight is 507 g/mol. The summed E-state index contributed by atoms with van der Waals surface area (Å²) < 4.78 is 70.4. The number of hydrogen-bond acceptors (Lipinski definition) is 6. The van der Waals surface area contributed by atoms with Gasteiger partial charge < -0.3 is 9.63 Å². The van der Waals surface area contributed by atoms with E-state index in [1.165, 1.54) is 6.07 Å². The number of aromatic nitrogens is 1. The summed E-state index contributed by atoms with van der Waals surface area (Å²) in [7, 11) is -4.34. The Hall–Kier alpha value is -2.41. The normalized spacial score (nSPS) is 23.3. The molecule has 2 aromatic heterocycles. The molecular weight excluding hydrogens is 493 g/mol. The van der Waals surface area contributed by atoms with Crippen LogP contribution in [0.25, 0.3) is 10.6 Å². The Bertz CT molecular complexity index is 1320. The van der Waals surface area contributed by atoms with E-state index in [0.29, 0.717) is 28.0 Å². The zero-order valence-electron chi connectivity index (χ0n) is 16.1. The third-order valence-corrected chi connectivity index (χ3v) is 8.89. The highest BCUT2D eigenvalue weighted by Gasteiger charge is 2.72. The van der Waals surface area contributed by atoms with Crippen LogP contribution in [0.5, 0.6) is 0 Å². The van der Waals surface area contributed by atoms with Gasteiger partial charge in [-0.05, 0) is 30.2 Å². The number of aliphatic carboxylic acids is 1. The summed E-state index contributed by atoms with van der Waals surface area (Å²) in [5.74, 6) is -2.69. The van der Waals surface area contributed by atoms with Crippen LogP contribution >= 0.6 is 22.9 Å². The quantitative estimate of drug-likeness (QED) is 0.508. The van der Waals surface area contributed by atoms with Crippen LogP contribution in [0.1, 0.15) is 24.7 Å². The van der Waals surface area contributed by atoms with E-state index in [2.05, 4.69) is 14.4 Å². The monoisotopic (exact) mass is 506 g/mol. The lowest BCUT2D eigenvalue weighted by molar-refractivity contribution is -0.155. The molecule has 32 heavy (non-hydrogen) atoms. The van der Waals surface area contributed by atoms with Crippen molar-refractivity contribution in [1.29, 1.82) is 0 Å². The van der Waals surface area contributed by atoms with Crippen molar-refractivity contribution in [1.82, 2.24) is 9.88 Å². The lowest BCUT2D eigenvalue weighted by Gasteiger charge is -2.21. The summed E-state index contributed by atoms with van der Waals surface area (Å²) in [5.41, 5.74) is -2.64. The van der Waals surface area contributed by atoms with Crippen LogP contribution in [0.2, 0.25) is 5.02 Å². The maximum atomic E-state index is 13.0. The van der Waals surface area contributed by atoms with Gasteiger partial charge in [-0.25, -0.2) is 8.42 Å². The molecule has 0 aliphatic heterocycles. The van der Waals surface area contributed by atoms with Crippen molar-refractivity contribution in [2.75, 3.05) is 0 Å². The van der Waals surface area contributed by atoms with Crippen LogP contribution < -0.4 is 4.72 Å². The van der Waals surface area contributed by atoms with Crippen molar-refractivity contribution >= 4 is 38.9 Å². The fraction of sp³-hybridized carbons (Fsp3) is 0.263. The average Bonchev–Trinajstić information content (AvgIpc) is 3.13. The number of carboxylic acid groups (broad SMARTS) is 1. The van der Waals surface area contributed by atoms with Gasteiger partial charge in [0.2, 0.25) is 5.76 Å². The Labute approximate surface area is 188 Å². The Balaban J connectivity index is 1.64. The summed E-state index contributed by atoms with van der Waals surface area (Å²) in [6, 6.07) is 9.65. The van der Waals surface area contributed by atoms with Crippen LogP contribution in [-0.4, -0.2) is 30.2 Å². The fourth-order valence-electron chi connectivity index (χ4n) is 3.63. The lowest BCUT2D eigenvalue weighted by atomic mass is 9.93. The molecule has 1 aromatic carbocycles. The number of carboxylic acids is 1. The van der Waals surface area contributed by atoms with Gasteiger partial charge in [0.15, 0.2) is 0 Å². The van der Waals surface area contributed by atoms with Crippen LogP contribution in [0, 0.1) is 0 Å². The van der Waals surface area contributed by atoms with Crippen LogP contribution in [0.15, 0.2) is 51.2 Å². The first-order chi connectivity index (χ1) is 14.8. The van der Waals surface area contributed by atoms with Gasteiger partial charge in [-0.2, -0.15) is 17.9 Å². The number of carbonyl (C=O) groups is 1. The Morgan fingerprint density at radius 1 is 1.28 bits per heavy atom. The molecule has 0 saturated heterocycles. The van der Waals surface area contributed by atoms with Gasteiger partial charge >= 0.3 is 12.1 Å². The number of nitrogens with one attached hydrogen (secondary N) is 1. The standard InChI is InChI=1S/C19H14ClF3N2O5S2/c1-17(10-4-2-3-5-11(10)20)9-18(17,16(26)27)25-32(28,29)15-7-6-13(31-15)12-8-14(30-24-12)19(21,22)23/h2-8,25H,9H2,1H3,(H,26,27). The molecule has 1 fully saturated rings. The Morgan fingerprint density at radius 2 is 1.97 bits per heavy atom. The number of benzene rings is 1. The molecule has 1 aliphatic rings. The van der Waals surface area contributed by atoms with E-state index in [1.54, 1.807) is 31.2 Å². The van der Waals surface area contributed by atoms with Gasteiger partial charge in [0.05, 0.1) is 4.88 Å². The summed E-state index contributed by atoms with van der Waals surface area (Å²) in [6.45, 7) is 1.60. The maximum absolute atomic E-state index is 13.0. The maximum Gasteiger partial charge on any atom is 0.452 e. The second-order valence-electron chi connectivity index (χ2n) is 7.50. The molecule has 1 saturated carbocycles. The lowest BCUT2D eigenvalue weighted by Crippen LogP contribution is -2.48. The van der Waals surface area contributed by atoms with Crippen LogP contribution in [0.3, 0.4) is 0 Å². The molecular formula is C19H14ClF3N2O5S2. The van der Waals surface area contributed by atoms with Crippen molar-refractivity contribution < 1.29 is 36.0 Å². The van der Waals surface area contributed by atoms with Gasteiger partial charge in [-0.15, -0.1) is 11.3 Å². The number of hydrogen-bond donors (Lipinski definition) is 2. The third-order valence-electron chi connectivity index (χ3n) is 5.47. The highest BCUT2D eigenvalue weighted by Crippen LogP contribution is 2.59. The molecule has 13 heteroatoms. The van der Waals surface area contributed by atoms with Gasteiger partial charge in [0.25, 0.3) is 10.0 Å². The number of sulfonamides is 1. The van der Waals surface area contributed by atoms with Gasteiger partial charge in [-0.1, -0.05) is 41.9 Å². The van der Waals surface area contributed by atoms with E-state index in [0.717, 1.165) is 6.07 Å².